The Morgan fingerprint density at radius 2 is 2.47 bits per heavy atom. The van der Waals surface area contributed by atoms with Gasteiger partial charge in [0.1, 0.15) is 5.56 Å². The lowest BCUT2D eigenvalue weighted by Crippen LogP contribution is -2.30. The van der Waals surface area contributed by atoms with Crippen molar-refractivity contribution < 1.29 is 4.79 Å². The fourth-order valence-electron chi connectivity index (χ4n) is 0.960. The number of hydrogen-bond acceptors (Lipinski definition) is 3. The zero-order valence-corrected chi connectivity index (χ0v) is 7.80. The lowest BCUT2D eigenvalue weighted by atomic mass is 10.2. The Kier molecular flexibility index (Phi) is 3.93. The first-order chi connectivity index (χ1) is 7.25. The molecule has 7 heteroatoms. The summed E-state index contributed by atoms with van der Waals surface area (Å²) in [6.07, 6.45) is 1.44. The molecular formula is C8H9N5O2. The van der Waals surface area contributed by atoms with Crippen LogP contribution in [0, 0.1) is 0 Å². The van der Waals surface area contributed by atoms with Gasteiger partial charge in [-0.1, -0.05) is 5.11 Å². The summed E-state index contributed by atoms with van der Waals surface area (Å²) in [7, 11) is 0. The number of H-pyrrole nitrogens is 1. The van der Waals surface area contributed by atoms with Crippen molar-refractivity contribution in [2.24, 2.45) is 5.11 Å². The molecule has 0 atom stereocenters. The van der Waals surface area contributed by atoms with Crippen molar-refractivity contribution in [2.45, 2.75) is 0 Å². The van der Waals surface area contributed by atoms with Gasteiger partial charge in [0, 0.05) is 24.2 Å². The predicted molar refractivity (Wildman–Crippen MR) is 53.4 cm³/mol. The first-order valence-electron chi connectivity index (χ1n) is 4.22. The van der Waals surface area contributed by atoms with E-state index in [0.717, 1.165) is 0 Å². The minimum Gasteiger partial charge on any atom is -0.352 e. The zero-order valence-electron chi connectivity index (χ0n) is 7.80. The average molecular weight is 207 g/mol. The number of hydrogen-bond donors (Lipinski definition) is 2. The molecule has 1 amide bonds. The largest absolute Gasteiger partial charge is 0.352 e. The van der Waals surface area contributed by atoms with Crippen molar-refractivity contribution >= 4 is 5.91 Å². The van der Waals surface area contributed by atoms with Crippen molar-refractivity contribution in [3.8, 4) is 0 Å². The molecule has 0 aliphatic rings. The van der Waals surface area contributed by atoms with Gasteiger partial charge in [-0.05, 0) is 17.7 Å². The molecule has 0 aromatic carbocycles. The topological polar surface area (TPSA) is 111 Å². The summed E-state index contributed by atoms with van der Waals surface area (Å²) in [5, 5.41) is 5.69. The molecule has 15 heavy (non-hydrogen) atoms. The maximum absolute atomic E-state index is 11.4. The Morgan fingerprint density at radius 3 is 3.13 bits per heavy atom. The summed E-state index contributed by atoms with van der Waals surface area (Å²) in [5.74, 6) is -0.481. The second kappa shape index (κ2) is 5.46. The molecule has 1 rings (SSSR count). The summed E-state index contributed by atoms with van der Waals surface area (Å²) >= 11 is 0. The summed E-state index contributed by atoms with van der Waals surface area (Å²) < 4.78 is 0. The van der Waals surface area contributed by atoms with Gasteiger partial charge >= 0.3 is 0 Å². The van der Waals surface area contributed by atoms with Crippen LogP contribution in [0.2, 0.25) is 0 Å². The summed E-state index contributed by atoms with van der Waals surface area (Å²) in [6, 6.07) is 2.98. The van der Waals surface area contributed by atoms with Crippen molar-refractivity contribution in [1.29, 1.82) is 0 Å². The standard InChI is InChI=1S/C8H9N5O2/c9-13-12-5-4-11-8(15)6-2-1-3-10-7(6)14/h1-3H,4-5H2,(H,10,14)(H,11,15). The van der Waals surface area contributed by atoms with E-state index in [4.69, 9.17) is 5.53 Å². The molecule has 0 saturated heterocycles. The van der Waals surface area contributed by atoms with Gasteiger partial charge in [0.2, 0.25) is 0 Å². The number of carbonyl (C=O) groups is 1. The third-order valence-corrected chi connectivity index (χ3v) is 1.62. The van der Waals surface area contributed by atoms with E-state index in [1.54, 1.807) is 6.07 Å². The third-order valence-electron chi connectivity index (χ3n) is 1.62. The number of pyridine rings is 1. The molecule has 2 N–H and O–H groups in total. The summed E-state index contributed by atoms with van der Waals surface area (Å²) in [4.78, 5) is 27.4. The highest BCUT2D eigenvalue weighted by Gasteiger charge is 2.07. The number of aromatic amines is 1. The molecule has 0 radical (unpaired) electrons. The Morgan fingerprint density at radius 1 is 1.67 bits per heavy atom. The number of nitrogens with zero attached hydrogens (tertiary/aromatic N) is 3. The van der Waals surface area contributed by atoms with Crippen LogP contribution in [0.25, 0.3) is 10.4 Å². The highest BCUT2D eigenvalue weighted by atomic mass is 16.2. The molecule has 0 aliphatic heterocycles. The molecule has 0 saturated carbocycles. The van der Waals surface area contributed by atoms with E-state index in [2.05, 4.69) is 20.3 Å². The Balaban J connectivity index is 2.58. The maximum atomic E-state index is 11.4. The zero-order chi connectivity index (χ0) is 11.1. The van der Waals surface area contributed by atoms with Crippen molar-refractivity contribution in [3.05, 3.63) is 44.7 Å². The van der Waals surface area contributed by atoms with Crippen LogP contribution in [0.15, 0.2) is 28.2 Å². The minimum atomic E-state index is -0.481. The van der Waals surface area contributed by atoms with Gasteiger partial charge in [0.15, 0.2) is 0 Å². The highest BCUT2D eigenvalue weighted by molar-refractivity contribution is 5.93. The van der Waals surface area contributed by atoms with Gasteiger partial charge in [-0.2, -0.15) is 0 Å². The van der Waals surface area contributed by atoms with Crippen molar-refractivity contribution in [1.82, 2.24) is 10.3 Å². The predicted octanol–water partition coefficient (Wildman–Crippen LogP) is 0.415. The molecule has 0 unspecified atom stereocenters. The molecule has 7 nitrogen and oxygen atoms in total. The second-order valence-corrected chi connectivity index (χ2v) is 2.62. The van der Waals surface area contributed by atoms with Gasteiger partial charge in [0.25, 0.3) is 11.5 Å². The van der Waals surface area contributed by atoms with Crippen LogP contribution >= 0.6 is 0 Å². The SMILES string of the molecule is [N-]=[N+]=NCCNC(=O)c1ccc[nH]c1=O. The second-order valence-electron chi connectivity index (χ2n) is 2.62. The van der Waals surface area contributed by atoms with Gasteiger partial charge < -0.3 is 10.3 Å². The average Bonchev–Trinajstić information content (AvgIpc) is 2.25. The van der Waals surface area contributed by atoms with Crippen LogP contribution in [0.4, 0.5) is 0 Å². The first kappa shape index (κ1) is 10.8. The lowest BCUT2D eigenvalue weighted by molar-refractivity contribution is 0.0953. The summed E-state index contributed by atoms with van der Waals surface area (Å²) in [6.45, 7) is 0.365. The Labute approximate surface area is 84.8 Å². The van der Waals surface area contributed by atoms with Crippen LogP contribution in [0.1, 0.15) is 10.4 Å². The molecule has 1 aromatic heterocycles. The maximum Gasteiger partial charge on any atom is 0.260 e. The molecule has 0 bridgehead atoms. The Hall–Kier alpha value is -2.27. The summed E-state index contributed by atoms with van der Waals surface area (Å²) in [5.41, 5.74) is 7.58. The molecule has 1 aromatic rings. The van der Waals surface area contributed by atoms with E-state index in [0.29, 0.717) is 0 Å². The lowest BCUT2D eigenvalue weighted by Gasteiger charge is -2.01. The van der Waals surface area contributed by atoms with E-state index < -0.39 is 11.5 Å². The van der Waals surface area contributed by atoms with E-state index in [9.17, 15) is 9.59 Å². The van der Waals surface area contributed by atoms with Crippen LogP contribution in [0.3, 0.4) is 0 Å². The normalized spacial score (nSPS) is 9.07. The Bertz CT molecular complexity index is 446. The van der Waals surface area contributed by atoms with Gasteiger partial charge in [-0.25, -0.2) is 0 Å². The fourth-order valence-corrected chi connectivity index (χ4v) is 0.960. The van der Waals surface area contributed by atoms with E-state index in [1.165, 1.54) is 12.3 Å². The highest BCUT2D eigenvalue weighted by Crippen LogP contribution is 1.88. The van der Waals surface area contributed by atoms with Crippen molar-refractivity contribution in [2.75, 3.05) is 13.1 Å². The minimum absolute atomic E-state index is 0.0402. The molecule has 0 aliphatic carbocycles. The van der Waals surface area contributed by atoms with Gasteiger partial charge in [-0.15, -0.1) is 0 Å². The van der Waals surface area contributed by atoms with E-state index >= 15 is 0 Å². The number of rotatable bonds is 4. The number of azide groups is 1. The quantitative estimate of drug-likeness (QED) is 0.322. The van der Waals surface area contributed by atoms with E-state index in [-0.39, 0.29) is 18.7 Å². The number of nitrogens with one attached hydrogen (secondary N) is 2. The smallest absolute Gasteiger partial charge is 0.260 e. The van der Waals surface area contributed by atoms with Crippen LogP contribution in [-0.4, -0.2) is 24.0 Å². The third kappa shape index (κ3) is 3.17. The number of carbonyl (C=O) groups excluding carboxylic acids is 1. The van der Waals surface area contributed by atoms with Crippen molar-refractivity contribution in [3.63, 3.8) is 0 Å². The van der Waals surface area contributed by atoms with Crippen LogP contribution < -0.4 is 10.9 Å². The number of amides is 1. The monoisotopic (exact) mass is 207 g/mol. The molecule has 78 valence electrons. The number of aromatic nitrogens is 1. The first-order valence-corrected chi connectivity index (χ1v) is 4.22. The molecule has 1 heterocycles. The van der Waals surface area contributed by atoms with E-state index in [1.807, 2.05) is 0 Å². The van der Waals surface area contributed by atoms with Gasteiger partial charge in [-0.3, -0.25) is 9.59 Å². The molecule has 0 spiro atoms. The van der Waals surface area contributed by atoms with Crippen LogP contribution in [0.5, 0.6) is 0 Å². The molecule has 0 fully saturated rings. The fraction of sp³-hybridized carbons (Fsp3) is 0.250. The van der Waals surface area contributed by atoms with Crippen LogP contribution in [-0.2, 0) is 0 Å². The molecular weight excluding hydrogens is 198 g/mol. The van der Waals surface area contributed by atoms with Gasteiger partial charge in [0.05, 0.1) is 0 Å².